The number of aromatic nitrogens is 2. The number of anilines is 1. The third kappa shape index (κ3) is 3.91. The van der Waals surface area contributed by atoms with Gasteiger partial charge in [-0.25, -0.2) is 9.97 Å². The Hall–Kier alpha value is -3.07. The van der Waals surface area contributed by atoms with E-state index < -0.39 is 10.8 Å². The summed E-state index contributed by atoms with van der Waals surface area (Å²) in [5.74, 6) is 0.543. The van der Waals surface area contributed by atoms with Crippen LogP contribution in [0.15, 0.2) is 24.5 Å². The van der Waals surface area contributed by atoms with Crippen LogP contribution in [0.5, 0.6) is 5.88 Å². The van der Waals surface area contributed by atoms with E-state index in [1.165, 1.54) is 28.9 Å². The number of carbonyl (C=O) groups is 1. The summed E-state index contributed by atoms with van der Waals surface area (Å²) >= 11 is 1.65. The van der Waals surface area contributed by atoms with Crippen molar-refractivity contribution in [3.8, 4) is 5.88 Å². The van der Waals surface area contributed by atoms with Crippen molar-refractivity contribution in [2.75, 3.05) is 11.9 Å². The molecule has 1 amide bonds. The van der Waals surface area contributed by atoms with Gasteiger partial charge in [-0.2, -0.15) is 0 Å². The van der Waals surface area contributed by atoms with Crippen molar-refractivity contribution in [3.63, 3.8) is 0 Å². The summed E-state index contributed by atoms with van der Waals surface area (Å²) in [6, 6.07) is 4.64. The molecule has 2 heterocycles. The van der Waals surface area contributed by atoms with Crippen LogP contribution in [0.1, 0.15) is 29.3 Å². The average Bonchev–Trinajstić information content (AvgIpc) is 3.05. The van der Waals surface area contributed by atoms with Gasteiger partial charge in [0.1, 0.15) is 16.8 Å². The van der Waals surface area contributed by atoms with Crippen molar-refractivity contribution in [2.45, 2.75) is 33.1 Å². The zero-order chi connectivity index (χ0) is 20.5. The highest BCUT2D eigenvalue weighted by Gasteiger charge is 2.24. The molecule has 0 radical (unpaired) electrons. The van der Waals surface area contributed by atoms with E-state index in [2.05, 4.69) is 22.2 Å². The predicted octanol–water partition coefficient (Wildman–Crippen LogP) is 4.05. The molecule has 29 heavy (non-hydrogen) atoms. The number of thiophene rings is 1. The molecular weight excluding hydrogens is 392 g/mol. The molecule has 3 aromatic rings. The van der Waals surface area contributed by atoms with Gasteiger partial charge in [-0.3, -0.25) is 14.9 Å². The van der Waals surface area contributed by atoms with Gasteiger partial charge in [0.15, 0.2) is 6.61 Å². The van der Waals surface area contributed by atoms with Crippen molar-refractivity contribution in [2.24, 2.45) is 5.92 Å². The normalized spacial score (nSPS) is 15.7. The Morgan fingerprint density at radius 2 is 2.24 bits per heavy atom. The van der Waals surface area contributed by atoms with Crippen LogP contribution >= 0.6 is 11.3 Å². The number of hydrogen-bond donors (Lipinski definition) is 1. The topological polar surface area (TPSA) is 107 Å². The lowest BCUT2D eigenvalue weighted by Gasteiger charge is -2.18. The van der Waals surface area contributed by atoms with Crippen LogP contribution in [-0.2, 0) is 17.6 Å². The van der Waals surface area contributed by atoms with Crippen LogP contribution in [0.25, 0.3) is 10.2 Å². The Morgan fingerprint density at radius 3 is 3.03 bits per heavy atom. The van der Waals surface area contributed by atoms with Gasteiger partial charge in [0.25, 0.3) is 11.6 Å². The maximum absolute atomic E-state index is 12.4. The summed E-state index contributed by atoms with van der Waals surface area (Å²) in [6.07, 6.45) is 4.51. The summed E-state index contributed by atoms with van der Waals surface area (Å²) in [7, 11) is 0. The van der Waals surface area contributed by atoms with E-state index in [1.54, 1.807) is 24.3 Å². The molecule has 0 saturated carbocycles. The molecule has 1 N–H and O–H groups in total. The number of amides is 1. The lowest BCUT2D eigenvalue weighted by molar-refractivity contribution is -0.384. The molecule has 1 atom stereocenters. The monoisotopic (exact) mass is 412 g/mol. The van der Waals surface area contributed by atoms with E-state index in [4.69, 9.17) is 4.74 Å². The third-order valence-corrected chi connectivity index (χ3v) is 6.18. The zero-order valence-corrected chi connectivity index (χ0v) is 16.9. The molecule has 0 unspecified atom stereocenters. The maximum Gasteiger partial charge on any atom is 0.293 e. The second kappa shape index (κ2) is 7.75. The van der Waals surface area contributed by atoms with Crippen LogP contribution in [-0.4, -0.2) is 27.4 Å². The first-order valence-corrected chi connectivity index (χ1v) is 10.2. The van der Waals surface area contributed by atoms with Crippen molar-refractivity contribution >= 4 is 38.8 Å². The van der Waals surface area contributed by atoms with Crippen molar-refractivity contribution in [1.82, 2.24) is 9.97 Å². The standard InChI is InChI=1S/C20H20N4O4S/c1-11-4-6-14(15(7-11)24(26)27)23-17(25)9-28-19-18-13-5-3-12(2)8-16(13)29-20(18)22-10-21-19/h4,6-7,10,12H,3,5,8-9H2,1-2H3,(H,23,25)/t12-/m1/s1. The number of nitrogens with zero attached hydrogens (tertiary/aromatic N) is 3. The molecular formula is C20H20N4O4S. The molecule has 4 rings (SSSR count). The number of rotatable bonds is 5. The first-order chi connectivity index (χ1) is 13.9. The Morgan fingerprint density at radius 1 is 1.41 bits per heavy atom. The maximum atomic E-state index is 12.4. The smallest absolute Gasteiger partial charge is 0.293 e. The van der Waals surface area contributed by atoms with Crippen molar-refractivity contribution in [1.29, 1.82) is 0 Å². The summed E-state index contributed by atoms with van der Waals surface area (Å²) in [6.45, 7) is 3.70. The number of aryl methyl sites for hydroxylation is 2. The number of nitrogens with one attached hydrogen (secondary N) is 1. The highest BCUT2D eigenvalue weighted by atomic mass is 32.1. The highest BCUT2D eigenvalue weighted by Crippen LogP contribution is 2.40. The van der Waals surface area contributed by atoms with E-state index in [-0.39, 0.29) is 18.0 Å². The summed E-state index contributed by atoms with van der Waals surface area (Å²) < 4.78 is 5.70. The molecule has 1 aromatic carbocycles. The largest absolute Gasteiger partial charge is 0.467 e. The van der Waals surface area contributed by atoms with Crippen molar-refractivity contribution < 1.29 is 14.5 Å². The molecule has 150 valence electrons. The average molecular weight is 412 g/mol. The molecule has 1 aliphatic carbocycles. The molecule has 1 aliphatic rings. The van der Waals surface area contributed by atoms with E-state index in [0.29, 0.717) is 11.8 Å². The van der Waals surface area contributed by atoms with Gasteiger partial charge in [0.2, 0.25) is 5.88 Å². The van der Waals surface area contributed by atoms with Gasteiger partial charge in [0.05, 0.1) is 10.3 Å². The fraction of sp³-hybridized carbons (Fsp3) is 0.350. The quantitative estimate of drug-likeness (QED) is 0.500. The van der Waals surface area contributed by atoms with Crippen LogP contribution in [0.3, 0.4) is 0 Å². The molecule has 0 saturated heterocycles. The van der Waals surface area contributed by atoms with E-state index in [0.717, 1.165) is 35.0 Å². The molecule has 0 bridgehead atoms. The number of nitro benzene ring substituents is 1. The van der Waals surface area contributed by atoms with Gasteiger partial charge < -0.3 is 10.1 Å². The zero-order valence-electron chi connectivity index (χ0n) is 16.1. The molecule has 0 aliphatic heterocycles. The number of carbonyl (C=O) groups excluding carboxylic acids is 1. The Balaban J connectivity index is 1.52. The van der Waals surface area contributed by atoms with E-state index in [9.17, 15) is 14.9 Å². The Bertz CT molecular complexity index is 1110. The first-order valence-electron chi connectivity index (χ1n) is 9.35. The summed E-state index contributed by atoms with van der Waals surface area (Å²) in [4.78, 5) is 33.8. The van der Waals surface area contributed by atoms with Crippen LogP contribution in [0.2, 0.25) is 0 Å². The number of benzene rings is 1. The summed E-state index contributed by atoms with van der Waals surface area (Å²) in [5.41, 5.74) is 1.95. The summed E-state index contributed by atoms with van der Waals surface area (Å²) in [5, 5.41) is 14.7. The SMILES string of the molecule is Cc1ccc(NC(=O)COc2ncnc3sc4c(c23)CC[C@@H](C)C4)c([N+](=O)[O-])c1. The molecule has 0 fully saturated rings. The second-order valence-corrected chi connectivity index (χ2v) is 8.41. The number of fused-ring (bicyclic) bond motifs is 3. The van der Waals surface area contributed by atoms with Gasteiger partial charge in [-0.1, -0.05) is 13.0 Å². The Labute approximate surface area is 171 Å². The lowest BCUT2D eigenvalue weighted by atomic mass is 9.89. The Kier molecular flexibility index (Phi) is 5.14. The van der Waals surface area contributed by atoms with Crippen LogP contribution < -0.4 is 10.1 Å². The number of ether oxygens (including phenoxy) is 1. The van der Waals surface area contributed by atoms with Crippen molar-refractivity contribution in [3.05, 3.63) is 50.6 Å². The molecule has 9 heteroatoms. The van der Waals surface area contributed by atoms with E-state index in [1.807, 2.05) is 0 Å². The minimum atomic E-state index is -0.518. The molecule has 8 nitrogen and oxygen atoms in total. The lowest BCUT2D eigenvalue weighted by Crippen LogP contribution is -2.21. The minimum absolute atomic E-state index is 0.143. The minimum Gasteiger partial charge on any atom is -0.467 e. The third-order valence-electron chi connectivity index (χ3n) is 5.02. The number of nitro groups is 1. The second-order valence-electron chi connectivity index (χ2n) is 7.33. The van der Waals surface area contributed by atoms with Gasteiger partial charge in [0, 0.05) is 10.9 Å². The van der Waals surface area contributed by atoms with Crippen LogP contribution in [0.4, 0.5) is 11.4 Å². The van der Waals surface area contributed by atoms with Gasteiger partial charge in [-0.15, -0.1) is 11.3 Å². The predicted molar refractivity (Wildman–Crippen MR) is 111 cm³/mol. The fourth-order valence-electron chi connectivity index (χ4n) is 3.57. The highest BCUT2D eigenvalue weighted by molar-refractivity contribution is 7.18. The number of hydrogen-bond acceptors (Lipinski definition) is 7. The van der Waals surface area contributed by atoms with Gasteiger partial charge >= 0.3 is 0 Å². The first kappa shape index (κ1) is 19.3. The fourth-order valence-corrected chi connectivity index (χ4v) is 4.92. The van der Waals surface area contributed by atoms with Crippen LogP contribution in [0, 0.1) is 23.0 Å². The molecule has 0 spiro atoms. The molecule has 2 aromatic heterocycles. The van der Waals surface area contributed by atoms with Gasteiger partial charge in [-0.05, 0) is 49.3 Å². The van der Waals surface area contributed by atoms with E-state index >= 15 is 0 Å².